The molecule has 0 saturated heterocycles. The molecule has 1 saturated carbocycles. The summed E-state index contributed by atoms with van der Waals surface area (Å²) < 4.78 is 22.0. The summed E-state index contributed by atoms with van der Waals surface area (Å²) in [6.45, 7) is 3.33. The number of nitrogens with one attached hydrogen (secondary N) is 1. The topological polar surface area (TPSA) is 63.2 Å². The first kappa shape index (κ1) is 10.5. The molecular weight excluding hydrogens is 190 g/mol. The number of amides is 1. The van der Waals surface area contributed by atoms with E-state index in [9.17, 15) is 13.2 Å². The molecule has 0 aliphatic heterocycles. The molecule has 0 heterocycles. The molecule has 1 rings (SSSR count). The SMILES string of the molecule is CC(C(=O)NC1(C)CC1)S(C)(=O)=O. The average Bonchev–Trinajstić information content (AvgIpc) is 2.64. The number of sulfone groups is 1. The summed E-state index contributed by atoms with van der Waals surface area (Å²) in [5.41, 5.74) is -0.143. The van der Waals surface area contributed by atoms with E-state index in [0.717, 1.165) is 19.1 Å². The third-order valence-electron chi connectivity index (χ3n) is 2.44. The summed E-state index contributed by atoms with van der Waals surface area (Å²) in [7, 11) is -3.26. The summed E-state index contributed by atoms with van der Waals surface area (Å²) in [5, 5.41) is 1.78. The van der Waals surface area contributed by atoms with Gasteiger partial charge in [0.2, 0.25) is 5.91 Å². The average molecular weight is 205 g/mol. The Labute approximate surface area is 78.6 Å². The van der Waals surface area contributed by atoms with Gasteiger partial charge in [-0.3, -0.25) is 4.79 Å². The van der Waals surface area contributed by atoms with Gasteiger partial charge in [-0.15, -0.1) is 0 Å². The Bertz CT molecular complexity index is 316. The van der Waals surface area contributed by atoms with Gasteiger partial charge in [0.1, 0.15) is 5.25 Å². The van der Waals surface area contributed by atoms with E-state index in [-0.39, 0.29) is 11.4 Å². The van der Waals surface area contributed by atoms with E-state index in [1.54, 1.807) is 0 Å². The van der Waals surface area contributed by atoms with Gasteiger partial charge < -0.3 is 5.32 Å². The highest BCUT2D eigenvalue weighted by Crippen LogP contribution is 2.34. The molecule has 1 amide bonds. The van der Waals surface area contributed by atoms with Crippen molar-refractivity contribution in [3.8, 4) is 0 Å². The molecule has 13 heavy (non-hydrogen) atoms. The van der Waals surface area contributed by atoms with Crippen LogP contribution >= 0.6 is 0 Å². The minimum atomic E-state index is -3.26. The molecule has 4 nitrogen and oxygen atoms in total. The van der Waals surface area contributed by atoms with Crippen molar-refractivity contribution in [1.82, 2.24) is 5.32 Å². The fraction of sp³-hybridized carbons (Fsp3) is 0.875. The van der Waals surface area contributed by atoms with Gasteiger partial charge in [-0.1, -0.05) is 0 Å². The summed E-state index contributed by atoms with van der Waals surface area (Å²) in [4.78, 5) is 11.4. The van der Waals surface area contributed by atoms with Gasteiger partial charge in [-0.25, -0.2) is 8.42 Å². The van der Waals surface area contributed by atoms with Crippen LogP contribution in [0.15, 0.2) is 0 Å². The number of carbonyl (C=O) groups excluding carboxylic acids is 1. The molecule has 0 spiro atoms. The maximum absolute atomic E-state index is 11.4. The molecule has 0 bridgehead atoms. The van der Waals surface area contributed by atoms with Gasteiger partial charge in [-0.2, -0.15) is 0 Å². The normalized spacial score (nSPS) is 22.1. The standard InChI is InChI=1S/C8H15NO3S/c1-6(13(3,11)12)7(10)9-8(2)4-5-8/h6H,4-5H2,1-3H3,(H,9,10). The molecule has 0 aromatic rings. The minimum absolute atomic E-state index is 0.143. The zero-order valence-electron chi connectivity index (χ0n) is 8.12. The second kappa shape index (κ2) is 2.97. The fourth-order valence-electron chi connectivity index (χ4n) is 0.906. The molecule has 1 aliphatic rings. The molecular formula is C8H15NO3S. The monoisotopic (exact) mass is 205 g/mol. The van der Waals surface area contributed by atoms with Gasteiger partial charge >= 0.3 is 0 Å². The first-order chi connectivity index (χ1) is 5.75. The van der Waals surface area contributed by atoms with Crippen LogP contribution < -0.4 is 5.32 Å². The number of carbonyl (C=O) groups is 1. The maximum atomic E-state index is 11.4. The Morgan fingerprint density at radius 1 is 1.46 bits per heavy atom. The van der Waals surface area contributed by atoms with Crippen molar-refractivity contribution in [2.75, 3.05) is 6.26 Å². The molecule has 1 unspecified atom stereocenters. The smallest absolute Gasteiger partial charge is 0.238 e. The lowest BCUT2D eigenvalue weighted by Gasteiger charge is -2.14. The quantitative estimate of drug-likeness (QED) is 0.710. The van der Waals surface area contributed by atoms with Crippen LogP contribution in [0.5, 0.6) is 0 Å². The van der Waals surface area contributed by atoms with E-state index in [1.165, 1.54) is 6.92 Å². The molecule has 1 atom stereocenters. The second-order valence-electron chi connectivity index (χ2n) is 4.02. The van der Waals surface area contributed by atoms with Crippen molar-refractivity contribution in [2.45, 2.75) is 37.5 Å². The Balaban J connectivity index is 2.58. The van der Waals surface area contributed by atoms with Crippen molar-refractivity contribution < 1.29 is 13.2 Å². The van der Waals surface area contributed by atoms with Gasteiger partial charge in [-0.05, 0) is 26.7 Å². The predicted molar refractivity (Wildman–Crippen MR) is 50.1 cm³/mol. The predicted octanol–water partition coefficient (Wildman–Crippen LogP) is 0.0882. The zero-order chi connectivity index (χ0) is 10.3. The van der Waals surface area contributed by atoms with Crippen LogP contribution in [0.3, 0.4) is 0 Å². The lowest BCUT2D eigenvalue weighted by Crippen LogP contribution is -2.43. The van der Waals surface area contributed by atoms with Crippen LogP contribution in [0, 0.1) is 0 Å². The zero-order valence-corrected chi connectivity index (χ0v) is 8.94. The molecule has 1 fully saturated rings. The van der Waals surface area contributed by atoms with Crippen LogP contribution in [-0.2, 0) is 14.6 Å². The Morgan fingerprint density at radius 3 is 2.23 bits per heavy atom. The molecule has 0 aromatic heterocycles. The van der Waals surface area contributed by atoms with Crippen LogP contribution in [0.1, 0.15) is 26.7 Å². The fourth-order valence-corrected chi connectivity index (χ4v) is 1.35. The maximum Gasteiger partial charge on any atom is 0.238 e. The van der Waals surface area contributed by atoms with Gasteiger partial charge in [0, 0.05) is 11.8 Å². The lowest BCUT2D eigenvalue weighted by atomic mass is 10.3. The molecule has 5 heteroatoms. The highest BCUT2D eigenvalue weighted by molar-refractivity contribution is 7.92. The summed E-state index contributed by atoms with van der Waals surface area (Å²) in [5.74, 6) is -0.387. The highest BCUT2D eigenvalue weighted by atomic mass is 32.2. The van der Waals surface area contributed by atoms with Gasteiger partial charge in [0.05, 0.1) is 0 Å². The number of rotatable bonds is 3. The largest absolute Gasteiger partial charge is 0.350 e. The van der Waals surface area contributed by atoms with Crippen molar-refractivity contribution >= 4 is 15.7 Å². The van der Waals surface area contributed by atoms with Crippen LogP contribution in [0.25, 0.3) is 0 Å². The van der Waals surface area contributed by atoms with E-state index >= 15 is 0 Å². The highest BCUT2D eigenvalue weighted by Gasteiger charge is 2.40. The summed E-state index contributed by atoms with van der Waals surface area (Å²) in [6.07, 6.45) is 2.96. The van der Waals surface area contributed by atoms with Gasteiger partial charge in [0.15, 0.2) is 9.84 Å². The van der Waals surface area contributed by atoms with Gasteiger partial charge in [0.25, 0.3) is 0 Å². The van der Waals surface area contributed by atoms with Crippen molar-refractivity contribution in [3.05, 3.63) is 0 Å². The van der Waals surface area contributed by atoms with Crippen molar-refractivity contribution in [3.63, 3.8) is 0 Å². The summed E-state index contributed by atoms with van der Waals surface area (Å²) in [6, 6.07) is 0. The molecule has 1 N–H and O–H groups in total. The van der Waals surface area contributed by atoms with Crippen molar-refractivity contribution in [2.24, 2.45) is 0 Å². The van der Waals surface area contributed by atoms with E-state index < -0.39 is 15.1 Å². The van der Waals surface area contributed by atoms with Crippen molar-refractivity contribution in [1.29, 1.82) is 0 Å². The molecule has 0 radical (unpaired) electrons. The lowest BCUT2D eigenvalue weighted by molar-refractivity contribution is -0.121. The Morgan fingerprint density at radius 2 is 1.92 bits per heavy atom. The van der Waals surface area contributed by atoms with Crippen LogP contribution in [-0.4, -0.2) is 31.4 Å². The third-order valence-corrected chi connectivity index (χ3v) is 3.93. The number of hydrogen-bond donors (Lipinski definition) is 1. The van der Waals surface area contributed by atoms with Crippen LogP contribution in [0.2, 0.25) is 0 Å². The minimum Gasteiger partial charge on any atom is -0.350 e. The third kappa shape index (κ3) is 2.69. The first-order valence-corrected chi connectivity index (χ1v) is 6.21. The van der Waals surface area contributed by atoms with E-state index in [2.05, 4.69) is 5.32 Å². The second-order valence-corrected chi connectivity index (χ2v) is 6.39. The van der Waals surface area contributed by atoms with Crippen LogP contribution in [0.4, 0.5) is 0 Å². The Hall–Kier alpha value is -0.580. The Kier molecular flexibility index (Phi) is 2.40. The molecule has 1 aliphatic carbocycles. The van der Waals surface area contributed by atoms with E-state index in [1.807, 2.05) is 6.92 Å². The first-order valence-electron chi connectivity index (χ1n) is 4.25. The molecule has 0 aromatic carbocycles. The molecule has 76 valence electrons. The van der Waals surface area contributed by atoms with E-state index in [0.29, 0.717) is 0 Å². The number of hydrogen-bond acceptors (Lipinski definition) is 3. The van der Waals surface area contributed by atoms with E-state index in [4.69, 9.17) is 0 Å². The summed E-state index contributed by atoms with van der Waals surface area (Å²) >= 11 is 0.